The van der Waals surface area contributed by atoms with Crippen LogP contribution in [0.4, 0.5) is 0 Å². The number of aryl methyl sites for hydroxylation is 1. The molecular formula is C29H27NO5. The highest BCUT2D eigenvalue weighted by molar-refractivity contribution is 5.99. The van der Waals surface area contributed by atoms with Crippen LogP contribution in [0, 0.1) is 6.92 Å². The Kier molecular flexibility index (Phi) is 6.03. The van der Waals surface area contributed by atoms with Gasteiger partial charge in [-0.1, -0.05) is 48.0 Å². The van der Waals surface area contributed by atoms with Crippen molar-refractivity contribution in [1.29, 1.82) is 0 Å². The fraction of sp³-hybridized carbons (Fsp3) is 0.241. The van der Waals surface area contributed by atoms with E-state index in [1.54, 1.807) is 29.2 Å². The summed E-state index contributed by atoms with van der Waals surface area (Å²) in [6, 6.07) is 20.0. The molecule has 2 heterocycles. The van der Waals surface area contributed by atoms with Crippen LogP contribution in [0.25, 0.3) is 11.0 Å². The molecule has 4 aromatic rings. The van der Waals surface area contributed by atoms with Gasteiger partial charge in [-0.25, -0.2) is 0 Å². The second kappa shape index (κ2) is 9.29. The van der Waals surface area contributed by atoms with Crippen LogP contribution < -0.4 is 14.9 Å². The van der Waals surface area contributed by atoms with Gasteiger partial charge >= 0.3 is 0 Å². The van der Waals surface area contributed by atoms with Crippen molar-refractivity contribution in [3.63, 3.8) is 0 Å². The second-order valence-corrected chi connectivity index (χ2v) is 8.56. The fourth-order valence-corrected chi connectivity index (χ4v) is 4.60. The number of benzene rings is 3. The lowest BCUT2D eigenvalue weighted by Gasteiger charge is -2.26. The Hall–Kier alpha value is -4.06. The van der Waals surface area contributed by atoms with E-state index >= 15 is 0 Å². The van der Waals surface area contributed by atoms with Crippen LogP contribution in [0.5, 0.6) is 11.5 Å². The number of amides is 1. The second-order valence-electron chi connectivity index (χ2n) is 8.56. The molecule has 6 heteroatoms. The van der Waals surface area contributed by atoms with Crippen molar-refractivity contribution in [2.75, 3.05) is 13.2 Å². The SMILES string of the molecule is CCOc1ccc(C2c3c(oc4ccccc4c3=O)C(=O)N2Cc2ccc(C)cc2)cc1OCC. The fourth-order valence-electron chi connectivity index (χ4n) is 4.60. The molecular weight excluding hydrogens is 442 g/mol. The Bertz CT molecular complexity index is 1450. The number of rotatable bonds is 7. The third kappa shape index (κ3) is 4.05. The molecule has 178 valence electrons. The lowest BCUT2D eigenvalue weighted by Crippen LogP contribution is -2.29. The first-order chi connectivity index (χ1) is 17.0. The zero-order valence-electron chi connectivity index (χ0n) is 20.0. The molecule has 0 spiro atoms. The molecule has 35 heavy (non-hydrogen) atoms. The lowest BCUT2D eigenvalue weighted by atomic mass is 9.97. The normalized spacial score (nSPS) is 14.9. The number of nitrogens with zero attached hydrogens (tertiary/aromatic N) is 1. The van der Waals surface area contributed by atoms with Crippen LogP contribution in [0.2, 0.25) is 0 Å². The number of carbonyl (C=O) groups is 1. The number of ether oxygens (including phenoxy) is 2. The Morgan fingerprint density at radius 2 is 1.60 bits per heavy atom. The topological polar surface area (TPSA) is 69.0 Å². The van der Waals surface area contributed by atoms with Gasteiger partial charge in [0.05, 0.1) is 30.2 Å². The van der Waals surface area contributed by atoms with Crippen molar-refractivity contribution in [3.05, 3.63) is 105 Å². The van der Waals surface area contributed by atoms with Gasteiger partial charge in [0.1, 0.15) is 5.58 Å². The van der Waals surface area contributed by atoms with Gasteiger partial charge in [-0.3, -0.25) is 9.59 Å². The average molecular weight is 470 g/mol. The van der Waals surface area contributed by atoms with Crippen molar-refractivity contribution >= 4 is 16.9 Å². The summed E-state index contributed by atoms with van der Waals surface area (Å²) < 4.78 is 17.6. The van der Waals surface area contributed by atoms with Crippen LogP contribution in [0.1, 0.15) is 52.7 Å². The molecule has 1 unspecified atom stereocenters. The minimum atomic E-state index is -0.616. The van der Waals surface area contributed by atoms with Crippen molar-refractivity contribution in [3.8, 4) is 11.5 Å². The van der Waals surface area contributed by atoms with Gasteiger partial charge < -0.3 is 18.8 Å². The maximum absolute atomic E-state index is 13.7. The number of hydrogen-bond donors (Lipinski definition) is 0. The number of para-hydroxylation sites is 1. The van der Waals surface area contributed by atoms with Crippen molar-refractivity contribution in [1.82, 2.24) is 4.90 Å². The molecule has 0 radical (unpaired) electrons. The molecule has 3 aromatic carbocycles. The molecule has 0 fully saturated rings. The summed E-state index contributed by atoms with van der Waals surface area (Å²) >= 11 is 0. The van der Waals surface area contributed by atoms with Gasteiger partial charge in [0.15, 0.2) is 16.9 Å². The highest BCUT2D eigenvalue weighted by Crippen LogP contribution is 2.41. The van der Waals surface area contributed by atoms with Crippen LogP contribution in [0.15, 0.2) is 75.9 Å². The van der Waals surface area contributed by atoms with E-state index in [9.17, 15) is 9.59 Å². The summed E-state index contributed by atoms with van der Waals surface area (Å²) in [5.41, 5.74) is 3.43. The van der Waals surface area contributed by atoms with Crippen LogP contribution >= 0.6 is 0 Å². The third-order valence-corrected chi connectivity index (χ3v) is 6.23. The molecule has 1 aliphatic rings. The average Bonchev–Trinajstić information content (AvgIpc) is 3.14. The zero-order chi connectivity index (χ0) is 24.5. The maximum Gasteiger partial charge on any atom is 0.291 e. The maximum atomic E-state index is 13.7. The quantitative estimate of drug-likeness (QED) is 0.350. The van der Waals surface area contributed by atoms with E-state index in [-0.39, 0.29) is 17.1 Å². The molecule has 1 atom stereocenters. The van der Waals surface area contributed by atoms with Crippen LogP contribution in [-0.4, -0.2) is 24.0 Å². The van der Waals surface area contributed by atoms with Gasteiger partial charge in [-0.15, -0.1) is 0 Å². The van der Waals surface area contributed by atoms with E-state index in [0.717, 1.165) is 16.7 Å². The van der Waals surface area contributed by atoms with Crippen molar-refractivity contribution in [2.45, 2.75) is 33.4 Å². The Morgan fingerprint density at radius 1 is 0.886 bits per heavy atom. The summed E-state index contributed by atoms with van der Waals surface area (Å²) in [4.78, 5) is 29.0. The molecule has 1 amide bonds. The van der Waals surface area contributed by atoms with Gasteiger partial charge in [0.2, 0.25) is 5.76 Å². The minimum Gasteiger partial charge on any atom is -0.490 e. The largest absolute Gasteiger partial charge is 0.490 e. The van der Waals surface area contributed by atoms with Gasteiger partial charge in [-0.05, 0) is 56.2 Å². The highest BCUT2D eigenvalue weighted by atomic mass is 16.5. The molecule has 1 aliphatic heterocycles. The zero-order valence-corrected chi connectivity index (χ0v) is 20.0. The monoisotopic (exact) mass is 469 g/mol. The smallest absolute Gasteiger partial charge is 0.291 e. The van der Waals surface area contributed by atoms with E-state index < -0.39 is 6.04 Å². The summed E-state index contributed by atoms with van der Waals surface area (Å²) in [7, 11) is 0. The molecule has 5 rings (SSSR count). The molecule has 6 nitrogen and oxygen atoms in total. The van der Waals surface area contributed by atoms with E-state index in [1.807, 2.05) is 63.2 Å². The third-order valence-electron chi connectivity index (χ3n) is 6.23. The van der Waals surface area contributed by atoms with E-state index in [0.29, 0.717) is 47.8 Å². The van der Waals surface area contributed by atoms with Crippen LogP contribution in [-0.2, 0) is 6.54 Å². The number of fused-ring (bicyclic) bond motifs is 2. The van der Waals surface area contributed by atoms with E-state index in [1.165, 1.54) is 0 Å². The van der Waals surface area contributed by atoms with E-state index in [2.05, 4.69) is 0 Å². The van der Waals surface area contributed by atoms with Gasteiger partial charge in [-0.2, -0.15) is 0 Å². The summed E-state index contributed by atoms with van der Waals surface area (Å²) in [6.45, 7) is 7.13. The summed E-state index contributed by atoms with van der Waals surface area (Å²) in [5, 5.41) is 0.456. The summed E-state index contributed by atoms with van der Waals surface area (Å²) in [5.74, 6) is 0.990. The van der Waals surface area contributed by atoms with E-state index in [4.69, 9.17) is 13.9 Å². The lowest BCUT2D eigenvalue weighted by molar-refractivity contribution is 0.0714. The molecule has 0 bridgehead atoms. The first-order valence-corrected chi connectivity index (χ1v) is 11.8. The molecule has 1 aromatic heterocycles. The predicted molar refractivity (Wildman–Crippen MR) is 134 cm³/mol. The minimum absolute atomic E-state index is 0.0951. The first kappa shape index (κ1) is 22.7. The predicted octanol–water partition coefficient (Wildman–Crippen LogP) is 5.64. The molecule has 0 saturated heterocycles. The summed E-state index contributed by atoms with van der Waals surface area (Å²) in [6.07, 6.45) is 0. The Labute approximate surface area is 203 Å². The van der Waals surface area contributed by atoms with Crippen molar-refractivity contribution < 1.29 is 18.7 Å². The Balaban J connectivity index is 1.69. The number of carbonyl (C=O) groups excluding carboxylic acids is 1. The van der Waals surface area contributed by atoms with Gasteiger partial charge in [0.25, 0.3) is 5.91 Å². The standard InChI is InChI=1S/C29H27NO5/c1-4-33-23-15-14-20(16-24(23)34-5-2)26-25-27(31)21-8-6-7-9-22(21)35-28(25)29(32)30(26)17-19-12-10-18(3)11-13-19/h6-16,26H,4-5,17H2,1-3H3. The molecule has 0 N–H and O–H groups in total. The Morgan fingerprint density at radius 3 is 2.34 bits per heavy atom. The molecule has 0 saturated carbocycles. The van der Waals surface area contributed by atoms with Crippen LogP contribution in [0.3, 0.4) is 0 Å². The molecule has 0 aliphatic carbocycles. The van der Waals surface area contributed by atoms with Gasteiger partial charge in [0, 0.05) is 6.54 Å². The highest BCUT2D eigenvalue weighted by Gasteiger charge is 2.43. The number of hydrogen-bond acceptors (Lipinski definition) is 5. The first-order valence-electron chi connectivity index (χ1n) is 11.8. The van der Waals surface area contributed by atoms with Crippen molar-refractivity contribution in [2.24, 2.45) is 0 Å².